The van der Waals surface area contributed by atoms with Crippen LogP contribution in [0.4, 0.5) is 0 Å². The summed E-state index contributed by atoms with van der Waals surface area (Å²) in [6.07, 6.45) is 4.59. The van der Waals surface area contributed by atoms with E-state index in [1.165, 1.54) is 5.57 Å². The number of aliphatic hydroxyl groups excluding tert-OH is 1. The van der Waals surface area contributed by atoms with Crippen LogP contribution in [0.15, 0.2) is 44.9 Å². The maximum atomic E-state index is 9.45. The molecule has 0 aromatic carbocycles. The summed E-state index contributed by atoms with van der Waals surface area (Å²) in [5.41, 5.74) is 1.29. The molecule has 5 heteroatoms. The fraction of sp³-hybridized carbons (Fsp3) is 0.500. The molecule has 0 bridgehead atoms. The van der Waals surface area contributed by atoms with Crippen molar-refractivity contribution in [2.75, 3.05) is 32.8 Å². The summed E-state index contributed by atoms with van der Waals surface area (Å²) in [6, 6.07) is 8.29. The molecule has 0 amide bonds. The zero-order chi connectivity index (χ0) is 17.6. The second kappa shape index (κ2) is 8.52. The number of hydrogen-bond donors (Lipinski definition) is 1. The van der Waals surface area contributed by atoms with Gasteiger partial charge in [-0.25, -0.2) is 0 Å². The van der Waals surface area contributed by atoms with Gasteiger partial charge < -0.3 is 13.9 Å². The van der Waals surface area contributed by atoms with Crippen molar-refractivity contribution in [1.82, 2.24) is 9.80 Å². The van der Waals surface area contributed by atoms with Gasteiger partial charge in [0.2, 0.25) is 0 Å². The molecule has 3 heterocycles. The molecule has 0 radical (unpaired) electrons. The molecule has 1 aliphatic rings. The number of nitrogens with zero attached hydrogens (tertiary/aromatic N) is 2. The van der Waals surface area contributed by atoms with Crippen LogP contribution in [0.25, 0.3) is 6.08 Å². The number of hydrogen-bond acceptors (Lipinski definition) is 5. The van der Waals surface area contributed by atoms with E-state index in [0.717, 1.165) is 56.4 Å². The topological polar surface area (TPSA) is 53.0 Å². The molecule has 1 fully saturated rings. The van der Waals surface area contributed by atoms with Gasteiger partial charge in [-0.3, -0.25) is 9.80 Å². The SMILES string of the molecule is C/C(=C\c1ccco1)CN1CCN(Cc2ccc(C)o2)C(CCO)C1. The van der Waals surface area contributed by atoms with Gasteiger partial charge in [0, 0.05) is 38.8 Å². The van der Waals surface area contributed by atoms with Crippen LogP contribution >= 0.6 is 0 Å². The van der Waals surface area contributed by atoms with E-state index in [1.807, 2.05) is 31.2 Å². The van der Waals surface area contributed by atoms with Crippen LogP contribution in [0, 0.1) is 6.92 Å². The molecule has 1 aliphatic heterocycles. The number of furan rings is 2. The number of aryl methyl sites for hydroxylation is 1. The van der Waals surface area contributed by atoms with E-state index in [0.29, 0.717) is 6.04 Å². The van der Waals surface area contributed by atoms with Crippen LogP contribution < -0.4 is 0 Å². The molecule has 136 valence electrons. The molecule has 1 atom stereocenters. The van der Waals surface area contributed by atoms with Gasteiger partial charge in [-0.05, 0) is 50.6 Å². The highest BCUT2D eigenvalue weighted by Crippen LogP contribution is 2.19. The molecule has 3 rings (SSSR count). The molecule has 0 saturated carbocycles. The van der Waals surface area contributed by atoms with Gasteiger partial charge in [0.25, 0.3) is 0 Å². The van der Waals surface area contributed by atoms with Crippen LogP contribution in [0.3, 0.4) is 0 Å². The Bertz CT molecular complexity index is 675. The van der Waals surface area contributed by atoms with Crippen molar-refractivity contribution in [3.8, 4) is 0 Å². The quantitative estimate of drug-likeness (QED) is 0.836. The van der Waals surface area contributed by atoms with E-state index in [2.05, 4.69) is 22.8 Å². The minimum atomic E-state index is 0.216. The van der Waals surface area contributed by atoms with Crippen molar-refractivity contribution in [3.63, 3.8) is 0 Å². The summed E-state index contributed by atoms with van der Waals surface area (Å²) in [5, 5.41) is 9.45. The Labute approximate surface area is 149 Å². The van der Waals surface area contributed by atoms with Crippen molar-refractivity contribution in [2.45, 2.75) is 32.9 Å². The molecule has 2 aromatic rings. The van der Waals surface area contributed by atoms with Crippen LogP contribution in [-0.4, -0.2) is 53.7 Å². The highest BCUT2D eigenvalue weighted by Gasteiger charge is 2.27. The predicted molar refractivity (Wildman–Crippen MR) is 98.1 cm³/mol. The molecular weight excluding hydrogens is 316 g/mol. The fourth-order valence-electron chi connectivity index (χ4n) is 3.52. The summed E-state index contributed by atoms with van der Waals surface area (Å²) < 4.78 is 11.1. The number of aliphatic hydroxyl groups is 1. The highest BCUT2D eigenvalue weighted by atomic mass is 16.3. The standard InChI is InChI=1S/C20H28N2O3/c1-16(12-19-4-3-11-24-19)13-21-8-9-22(18(14-21)7-10-23)15-20-6-5-17(2)25-20/h3-6,11-12,18,23H,7-10,13-15H2,1-2H3/b16-12+. The molecule has 1 unspecified atom stereocenters. The Kier molecular flexibility index (Phi) is 6.13. The second-order valence-electron chi connectivity index (χ2n) is 6.89. The first-order valence-electron chi connectivity index (χ1n) is 8.97. The van der Waals surface area contributed by atoms with E-state index >= 15 is 0 Å². The van der Waals surface area contributed by atoms with Crippen molar-refractivity contribution in [3.05, 3.63) is 53.4 Å². The monoisotopic (exact) mass is 344 g/mol. The number of piperazine rings is 1. The van der Waals surface area contributed by atoms with Crippen molar-refractivity contribution in [2.24, 2.45) is 0 Å². The van der Waals surface area contributed by atoms with E-state index < -0.39 is 0 Å². The van der Waals surface area contributed by atoms with E-state index in [1.54, 1.807) is 6.26 Å². The molecule has 1 N–H and O–H groups in total. The molecule has 5 nitrogen and oxygen atoms in total. The Hall–Kier alpha value is -1.82. The lowest BCUT2D eigenvalue weighted by Gasteiger charge is -2.41. The lowest BCUT2D eigenvalue weighted by Crippen LogP contribution is -2.53. The smallest absolute Gasteiger partial charge is 0.126 e. The maximum Gasteiger partial charge on any atom is 0.126 e. The first-order valence-corrected chi connectivity index (χ1v) is 8.97. The molecule has 2 aromatic heterocycles. The normalized spacial score (nSPS) is 20.3. The van der Waals surface area contributed by atoms with Gasteiger partial charge in [-0.1, -0.05) is 5.57 Å². The van der Waals surface area contributed by atoms with Crippen LogP contribution in [0.5, 0.6) is 0 Å². The average molecular weight is 344 g/mol. The zero-order valence-corrected chi connectivity index (χ0v) is 15.1. The molecule has 0 aliphatic carbocycles. The van der Waals surface area contributed by atoms with Gasteiger partial charge in [-0.15, -0.1) is 0 Å². The first-order chi connectivity index (χ1) is 12.1. The van der Waals surface area contributed by atoms with Gasteiger partial charge >= 0.3 is 0 Å². The summed E-state index contributed by atoms with van der Waals surface area (Å²) in [6.45, 7) is 9.03. The maximum absolute atomic E-state index is 9.45. The van der Waals surface area contributed by atoms with Gasteiger partial charge in [0.15, 0.2) is 0 Å². The minimum absolute atomic E-state index is 0.216. The van der Waals surface area contributed by atoms with E-state index in [-0.39, 0.29) is 6.61 Å². The van der Waals surface area contributed by atoms with Crippen molar-refractivity contribution < 1.29 is 13.9 Å². The molecule has 1 saturated heterocycles. The Morgan fingerprint density at radius 2 is 2.20 bits per heavy atom. The molecule has 0 spiro atoms. The molecule has 25 heavy (non-hydrogen) atoms. The van der Waals surface area contributed by atoms with Crippen molar-refractivity contribution in [1.29, 1.82) is 0 Å². The highest BCUT2D eigenvalue weighted by molar-refractivity contribution is 5.46. The van der Waals surface area contributed by atoms with Crippen LogP contribution in [0.2, 0.25) is 0 Å². The largest absolute Gasteiger partial charge is 0.465 e. The summed E-state index contributed by atoms with van der Waals surface area (Å²) in [7, 11) is 0. The van der Waals surface area contributed by atoms with Crippen LogP contribution in [-0.2, 0) is 6.54 Å². The van der Waals surface area contributed by atoms with Gasteiger partial charge in [0.05, 0.1) is 12.8 Å². The van der Waals surface area contributed by atoms with Gasteiger partial charge in [0.1, 0.15) is 17.3 Å². The minimum Gasteiger partial charge on any atom is -0.465 e. The van der Waals surface area contributed by atoms with Crippen LogP contribution in [0.1, 0.15) is 30.6 Å². The Morgan fingerprint density at radius 3 is 2.88 bits per heavy atom. The third-order valence-electron chi connectivity index (χ3n) is 4.71. The summed E-state index contributed by atoms with van der Waals surface area (Å²) >= 11 is 0. The predicted octanol–water partition coefficient (Wildman–Crippen LogP) is 3.15. The fourth-order valence-corrected chi connectivity index (χ4v) is 3.52. The van der Waals surface area contributed by atoms with E-state index in [9.17, 15) is 5.11 Å². The Balaban J connectivity index is 1.58. The van der Waals surface area contributed by atoms with Gasteiger partial charge in [-0.2, -0.15) is 0 Å². The van der Waals surface area contributed by atoms with E-state index in [4.69, 9.17) is 8.83 Å². The van der Waals surface area contributed by atoms with Crippen molar-refractivity contribution >= 4 is 6.08 Å². The zero-order valence-electron chi connectivity index (χ0n) is 15.1. The first kappa shape index (κ1) is 18.0. The lowest BCUT2D eigenvalue weighted by molar-refractivity contribution is 0.0535. The summed E-state index contributed by atoms with van der Waals surface area (Å²) in [4.78, 5) is 4.88. The lowest BCUT2D eigenvalue weighted by atomic mass is 10.1. The second-order valence-corrected chi connectivity index (χ2v) is 6.89. The third-order valence-corrected chi connectivity index (χ3v) is 4.71. The Morgan fingerprint density at radius 1 is 1.32 bits per heavy atom. The average Bonchev–Trinajstić information content (AvgIpc) is 3.22. The number of rotatable bonds is 7. The third kappa shape index (κ3) is 5.08. The summed E-state index contributed by atoms with van der Waals surface area (Å²) in [5.74, 6) is 2.85. The molecular formula is C20H28N2O3.